The molecule has 0 amide bonds. The van der Waals surface area contributed by atoms with Crippen molar-refractivity contribution >= 4 is 37.6 Å². The average molecular weight is 368 g/mol. The number of rotatable bonds is 2. The highest BCUT2D eigenvalue weighted by Gasteiger charge is 2.35. The minimum Gasteiger partial charge on any atom is -0.311 e. The first kappa shape index (κ1) is 15.3. The van der Waals surface area contributed by atoms with Gasteiger partial charge in [0.05, 0.1) is 4.90 Å². The minimum atomic E-state index is -3.50. The summed E-state index contributed by atoms with van der Waals surface area (Å²) in [4.78, 5) is 0.262. The number of hydrogen-bond acceptors (Lipinski definition) is 3. The zero-order chi connectivity index (χ0) is 14.2. The maximum Gasteiger partial charge on any atom is 0.244 e. The number of halogens is 2. The second-order valence-electron chi connectivity index (χ2n) is 4.67. The van der Waals surface area contributed by atoms with Gasteiger partial charge in [-0.15, -0.1) is 0 Å². The molecule has 1 aromatic rings. The molecular weight excluding hydrogens is 352 g/mol. The fourth-order valence-corrected chi connectivity index (χ4v) is 5.22. The van der Waals surface area contributed by atoms with Gasteiger partial charge in [-0.25, -0.2) is 8.42 Å². The van der Waals surface area contributed by atoms with Crippen molar-refractivity contribution in [3.63, 3.8) is 0 Å². The van der Waals surface area contributed by atoms with Gasteiger partial charge in [-0.05, 0) is 48.0 Å². The molecule has 1 heterocycles. The van der Waals surface area contributed by atoms with E-state index in [-0.39, 0.29) is 17.0 Å². The van der Waals surface area contributed by atoms with Crippen molar-refractivity contribution in [2.45, 2.75) is 30.8 Å². The molecule has 0 radical (unpaired) electrons. The first-order valence-electron chi connectivity index (χ1n) is 6.04. The van der Waals surface area contributed by atoms with Gasteiger partial charge in [0.1, 0.15) is 0 Å². The van der Waals surface area contributed by atoms with Crippen LogP contribution in [0, 0.1) is 0 Å². The minimum absolute atomic E-state index is 0.0821. The van der Waals surface area contributed by atoms with Crippen molar-refractivity contribution in [3.8, 4) is 0 Å². The molecular formula is C12H16BrClN2O2S. The van der Waals surface area contributed by atoms with Crippen LogP contribution in [0.1, 0.15) is 13.8 Å². The Morgan fingerprint density at radius 3 is 2.74 bits per heavy atom. The largest absolute Gasteiger partial charge is 0.311 e. The molecule has 0 bridgehead atoms. The summed E-state index contributed by atoms with van der Waals surface area (Å²) >= 11 is 9.13. The fraction of sp³-hybridized carbons (Fsp3) is 0.500. The summed E-state index contributed by atoms with van der Waals surface area (Å²) < 4.78 is 27.4. The lowest BCUT2D eigenvalue weighted by atomic mass is 10.1. The Bertz CT molecular complexity index is 579. The molecule has 2 atom stereocenters. The summed E-state index contributed by atoms with van der Waals surface area (Å²) in [5.74, 6) is 0. The Labute approximate surface area is 127 Å². The predicted octanol–water partition coefficient (Wildman–Crippen LogP) is 2.47. The molecule has 1 aliphatic rings. The molecule has 0 spiro atoms. The van der Waals surface area contributed by atoms with Gasteiger partial charge in [-0.3, -0.25) is 0 Å². The van der Waals surface area contributed by atoms with E-state index < -0.39 is 10.0 Å². The van der Waals surface area contributed by atoms with Crippen LogP contribution in [0.25, 0.3) is 0 Å². The standard InChI is InChI=1S/C12H16BrClN2O2S/c1-8-9(2)16(6-5-15-8)19(17,18)12-4-3-10(14)7-11(12)13/h3-4,7-9,15H,5-6H2,1-2H3. The monoisotopic (exact) mass is 366 g/mol. The molecule has 1 aromatic carbocycles. The molecule has 19 heavy (non-hydrogen) atoms. The van der Waals surface area contributed by atoms with Gasteiger partial charge in [0.2, 0.25) is 10.0 Å². The second-order valence-corrected chi connectivity index (χ2v) is 7.82. The van der Waals surface area contributed by atoms with Crippen LogP contribution in [0.5, 0.6) is 0 Å². The third kappa shape index (κ3) is 2.97. The van der Waals surface area contributed by atoms with Crippen molar-refractivity contribution in [2.75, 3.05) is 13.1 Å². The van der Waals surface area contributed by atoms with E-state index in [1.165, 1.54) is 0 Å². The fourth-order valence-electron chi connectivity index (χ4n) is 2.18. The first-order chi connectivity index (χ1) is 8.84. The van der Waals surface area contributed by atoms with Gasteiger partial charge in [-0.2, -0.15) is 4.31 Å². The van der Waals surface area contributed by atoms with Crippen molar-refractivity contribution in [1.82, 2.24) is 9.62 Å². The van der Waals surface area contributed by atoms with Gasteiger partial charge < -0.3 is 5.32 Å². The van der Waals surface area contributed by atoms with Crippen LogP contribution in [0.15, 0.2) is 27.6 Å². The van der Waals surface area contributed by atoms with E-state index in [1.54, 1.807) is 22.5 Å². The number of sulfonamides is 1. The van der Waals surface area contributed by atoms with E-state index >= 15 is 0 Å². The van der Waals surface area contributed by atoms with E-state index in [4.69, 9.17) is 11.6 Å². The summed E-state index contributed by atoms with van der Waals surface area (Å²) in [5.41, 5.74) is 0. The van der Waals surface area contributed by atoms with Crippen molar-refractivity contribution in [3.05, 3.63) is 27.7 Å². The van der Waals surface area contributed by atoms with Crippen LogP contribution >= 0.6 is 27.5 Å². The maximum atomic E-state index is 12.7. The van der Waals surface area contributed by atoms with Crippen molar-refractivity contribution in [1.29, 1.82) is 0 Å². The molecule has 1 fully saturated rings. The molecule has 2 unspecified atom stereocenters. The summed E-state index contributed by atoms with van der Waals surface area (Å²) in [5, 5.41) is 3.78. The molecule has 2 rings (SSSR count). The van der Waals surface area contributed by atoms with Gasteiger partial charge in [0, 0.05) is 34.7 Å². The van der Waals surface area contributed by atoms with E-state index in [0.29, 0.717) is 22.6 Å². The van der Waals surface area contributed by atoms with Crippen LogP contribution < -0.4 is 5.32 Å². The van der Waals surface area contributed by atoms with Gasteiger partial charge in [0.25, 0.3) is 0 Å². The Hall–Kier alpha value is -0.140. The number of nitrogens with one attached hydrogen (secondary N) is 1. The molecule has 1 saturated heterocycles. The van der Waals surface area contributed by atoms with Gasteiger partial charge in [-0.1, -0.05) is 11.6 Å². The Morgan fingerprint density at radius 2 is 2.11 bits per heavy atom. The quantitative estimate of drug-likeness (QED) is 0.873. The predicted molar refractivity (Wildman–Crippen MR) is 80.0 cm³/mol. The highest BCUT2D eigenvalue weighted by Crippen LogP contribution is 2.29. The van der Waals surface area contributed by atoms with Crippen LogP contribution in [-0.2, 0) is 10.0 Å². The molecule has 0 aromatic heterocycles. The summed E-state index contributed by atoms with van der Waals surface area (Å²) in [6, 6.07) is 4.79. The van der Waals surface area contributed by atoms with Crippen LogP contribution in [-0.4, -0.2) is 37.9 Å². The van der Waals surface area contributed by atoms with Crippen LogP contribution in [0.2, 0.25) is 5.02 Å². The lowest BCUT2D eigenvalue weighted by Crippen LogP contribution is -2.57. The summed E-state index contributed by atoms with van der Waals surface area (Å²) in [6.07, 6.45) is 0. The molecule has 1 aliphatic heterocycles. The summed E-state index contributed by atoms with van der Waals surface area (Å²) in [6.45, 7) is 5.04. The Morgan fingerprint density at radius 1 is 1.42 bits per heavy atom. The van der Waals surface area contributed by atoms with Crippen molar-refractivity contribution in [2.24, 2.45) is 0 Å². The third-order valence-corrected chi connectivity index (χ3v) is 6.65. The number of benzene rings is 1. The third-order valence-electron chi connectivity index (χ3n) is 3.46. The highest BCUT2D eigenvalue weighted by atomic mass is 79.9. The van der Waals surface area contributed by atoms with Crippen molar-refractivity contribution < 1.29 is 8.42 Å². The van der Waals surface area contributed by atoms with Crippen LogP contribution in [0.4, 0.5) is 0 Å². The molecule has 0 aliphatic carbocycles. The Balaban J connectivity index is 2.41. The number of piperazine rings is 1. The average Bonchev–Trinajstić information content (AvgIpc) is 2.31. The Kier molecular flexibility index (Phi) is 4.57. The lowest BCUT2D eigenvalue weighted by molar-refractivity contribution is 0.233. The smallest absolute Gasteiger partial charge is 0.244 e. The molecule has 106 valence electrons. The topological polar surface area (TPSA) is 49.4 Å². The highest BCUT2D eigenvalue weighted by molar-refractivity contribution is 9.10. The van der Waals surface area contributed by atoms with E-state index in [0.717, 1.165) is 0 Å². The molecule has 0 saturated carbocycles. The molecule has 4 nitrogen and oxygen atoms in total. The lowest BCUT2D eigenvalue weighted by Gasteiger charge is -2.37. The van der Waals surface area contributed by atoms with E-state index in [1.807, 2.05) is 13.8 Å². The molecule has 7 heteroatoms. The van der Waals surface area contributed by atoms with E-state index in [9.17, 15) is 8.42 Å². The SMILES string of the molecule is CC1NCCN(S(=O)(=O)c2ccc(Cl)cc2Br)C1C. The normalized spacial score (nSPS) is 25.5. The maximum absolute atomic E-state index is 12.7. The van der Waals surface area contributed by atoms with Gasteiger partial charge in [0.15, 0.2) is 0 Å². The zero-order valence-electron chi connectivity index (χ0n) is 10.7. The zero-order valence-corrected chi connectivity index (χ0v) is 13.9. The van der Waals surface area contributed by atoms with E-state index in [2.05, 4.69) is 21.2 Å². The summed E-state index contributed by atoms with van der Waals surface area (Å²) in [7, 11) is -3.50. The number of hydrogen-bond donors (Lipinski definition) is 1. The molecule has 1 N–H and O–H groups in total. The van der Waals surface area contributed by atoms with Crippen LogP contribution in [0.3, 0.4) is 0 Å². The first-order valence-corrected chi connectivity index (χ1v) is 8.65. The van der Waals surface area contributed by atoms with Gasteiger partial charge >= 0.3 is 0 Å². The second kappa shape index (κ2) is 5.69. The number of nitrogens with zero attached hydrogens (tertiary/aromatic N) is 1.